The summed E-state index contributed by atoms with van der Waals surface area (Å²) in [6.45, 7) is 2.48. The van der Waals surface area contributed by atoms with Gasteiger partial charge in [-0.25, -0.2) is 14.8 Å². The second-order valence-electron chi connectivity index (χ2n) is 4.37. The Labute approximate surface area is 98.6 Å². The topological polar surface area (TPSA) is 64.5 Å². The standard InChI is InChI=1S/C11H13N3O3/c1-16-10(15)8-4-13-9(5-12-8)14-3-2-11(14)6-17-7-11/h4-5H,2-3,6-7H2,1H3. The van der Waals surface area contributed by atoms with Crippen molar-refractivity contribution in [1.82, 2.24) is 9.97 Å². The van der Waals surface area contributed by atoms with Crippen LogP contribution in [-0.4, -0.2) is 48.3 Å². The Morgan fingerprint density at radius 1 is 1.47 bits per heavy atom. The normalized spacial score (nSPS) is 20.6. The maximum Gasteiger partial charge on any atom is 0.358 e. The smallest absolute Gasteiger partial charge is 0.358 e. The van der Waals surface area contributed by atoms with E-state index in [1.807, 2.05) is 0 Å². The van der Waals surface area contributed by atoms with Crippen LogP contribution in [0.4, 0.5) is 5.82 Å². The molecule has 2 aliphatic heterocycles. The maximum absolute atomic E-state index is 11.2. The Balaban J connectivity index is 1.78. The molecule has 0 saturated carbocycles. The van der Waals surface area contributed by atoms with E-state index in [1.54, 1.807) is 6.20 Å². The third-order valence-electron chi connectivity index (χ3n) is 3.42. The second kappa shape index (κ2) is 3.66. The van der Waals surface area contributed by atoms with Crippen LogP contribution in [0.5, 0.6) is 0 Å². The molecule has 90 valence electrons. The first-order chi connectivity index (χ1) is 8.25. The number of carbonyl (C=O) groups excluding carboxylic acids is 1. The molecule has 0 amide bonds. The molecule has 6 nitrogen and oxygen atoms in total. The van der Waals surface area contributed by atoms with Crippen molar-refractivity contribution >= 4 is 11.8 Å². The van der Waals surface area contributed by atoms with E-state index >= 15 is 0 Å². The van der Waals surface area contributed by atoms with Crippen LogP contribution in [0, 0.1) is 0 Å². The number of nitrogens with zero attached hydrogens (tertiary/aromatic N) is 3. The zero-order chi connectivity index (χ0) is 11.9. The summed E-state index contributed by atoms with van der Waals surface area (Å²) in [5.41, 5.74) is 0.372. The minimum Gasteiger partial charge on any atom is -0.464 e. The molecule has 0 N–H and O–H groups in total. The zero-order valence-electron chi connectivity index (χ0n) is 9.55. The number of rotatable bonds is 2. The fourth-order valence-electron chi connectivity index (χ4n) is 2.21. The predicted molar refractivity (Wildman–Crippen MR) is 58.9 cm³/mol. The van der Waals surface area contributed by atoms with Gasteiger partial charge < -0.3 is 14.4 Å². The summed E-state index contributed by atoms with van der Waals surface area (Å²) in [6, 6.07) is 0. The average Bonchev–Trinajstić information content (AvgIpc) is 2.26. The molecule has 0 atom stereocenters. The van der Waals surface area contributed by atoms with Gasteiger partial charge in [-0.15, -0.1) is 0 Å². The lowest BCUT2D eigenvalue weighted by Crippen LogP contribution is -2.71. The van der Waals surface area contributed by atoms with Crippen molar-refractivity contribution < 1.29 is 14.3 Å². The number of ether oxygens (including phenoxy) is 2. The molecular formula is C11H13N3O3. The quantitative estimate of drug-likeness (QED) is 0.684. The third-order valence-corrected chi connectivity index (χ3v) is 3.42. The van der Waals surface area contributed by atoms with Crippen LogP contribution in [0.3, 0.4) is 0 Å². The Kier molecular flexibility index (Phi) is 2.25. The van der Waals surface area contributed by atoms with Gasteiger partial charge in [0.2, 0.25) is 0 Å². The Morgan fingerprint density at radius 3 is 2.71 bits per heavy atom. The molecule has 3 rings (SSSR count). The molecular weight excluding hydrogens is 222 g/mol. The number of aromatic nitrogens is 2. The van der Waals surface area contributed by atoms with E-state index in [0.29, 0.717) is 0 Å². The minimum absolute atomic E-state index is 0.140. The fraction of sp³-hybridized carbons (Fsp3) is 0.545. The van der Waals surface area contributed by atoms with E-state index in [1.165, 1.54) is 13.3 Å². The van der Waals surface area contributed by atoms with Gasteiger partial charge in [0.05, 0.1) is 38.3 Å². The molecule has 0 unspecified atom stereocenters. The molecule has 2 aliphatic rings. The van der Waals surface area contributed by atoms with Crippen LogP contribution in [0.1, 0.15) is 16.9 Å². The lowest BCUT2D eigenvalue weighted by Gasteiger charge is -2.58. The summed E-state index contributed by atoms with van der Waals surface area (Å²) in [4.78, 5) is 21.7. The number of hydrogen-bond acceptors (Lipinski definition) is 6. The van der Waals surface area contributed by atoms with Crippen molar-refractivity contribution in [1.29, 1.82) is 0 Å². The molecule has 0 aromatic carbocycles. The molecule has 1 aromatic rings. The molecule has 1 spiro atoms. The zero-order valence-corrected chi connectivity index (χ0v) is 9.55. The van der Waals surface area contributed by atoms with Crippen LogP contribution in [0.2, 0.25) is 0 Å². The summed E-state index contributed by atoms with van der Waals surface area (Å²) in [6.07, 6.45) is 4.20. The second-order valence-corrected chi connectivity index (χ2v) is 4.37. The van der Waals surface area contributed by atoms with E-state index < -0.39 is 5.97 Å². The van der Waals surface area contributed by atoms with Gasteiger partial charge in [0.25, 0.3) is 0 Å². The van der Waals surface area contributed by atoms with Crippen molar-refractivity contribution in [2.75, 3.05) is 31.8 Å². The van der Waals surface area contributed by atoms with Gasteiger partial charge in [-0.2, -0.15) is 0 Å². The summed E-state index contributed by atoms with van der Waals surface area (Å²) in [5.74, 6) is 0.335. The average molecular weight is 235 g/mol. The summed E-state index contributed by atoms with van der Waals surface area (Å²) < 4.78 is 9.82. The van der Waals surface area contributed by atoms with Gasteiger partial charge in [-0.05, 0) is 6.42 Å². The number of carbonyl (C=O) groups is 1. The number of anilines is 1. The van der Waals surface area contributed by atoms with Crippen molar-refractivity contribution in [3.8, 4) is 0 Å². The number of methoxy groups -OCH3 is 1. The third kappa shape index (κ3) is 1.48. The molecule has 0 radical (unpaired) electrons. The van der Waals surface area contributed by atoms with Gasteiger partial charge >= 0.3 is 5.97 Å². The highest BCUT2D eigenvalue weighted by Crippen LogP contribution is 2.39. The van der Waals surface area contributed by atoms with Crippen LogP contribution in [0.25, 0.3) is 0 Å². The monoisotopic (exact) mass is 235 g/mol. The van der Waals surface area contributed by atoms with Gasteiger partial charge in [0.15, 0.2) is 5.69 Å². The minimum atomic E-state index is -0.464. The van der Waals surface area contributed by atoms with Crippen molar-refractivity contribution in [2.24, 2.45) is 0 Å². The van der Waals surface area contributed by atoms with Crippen LogP contribution < -0.4 is 4.90 Å². The predicted octanol–water partition coefficient (Wildman–Crippen LogP) is 0.242. The molecule has 3 heterocycles. The van der Waals surface area contributed by atoms with Gasteiger partial charge in [-0.3, -0.25) is 0 Å². The van der Waals surface area contributed by atoms with Gasteiger partial charge in [0, 0.05) is 6.54 Å². The molecule has 1 aromatic heterocycles. The van der Waals surface area contributed by atoms with E-state index in [9.17, 15) is 4.79 Å². The van der Waals surface area contributed by atoms with Crippen molar-refractivity contribution in [3.05, 3.63) is 18.1 Å². The number of hydrogen-bond donors (Lipinski definition) is 0. The molecule has 2 saturated heterocycles. The van der Waals surface area contributed by atoms with Crippen molar-refractivity contribution in [2.45, 2.75) is 12.0 Å². The summed E-state index contributed by atoms with van der Waals surface area (Å²) >= 11 is 0. The molecule has 6 heteroatoms. The highest BCUT2D eigenvalue weighted by atomic mass is 16.5. The lowest BCUT2D eigenvalue weighted by atomic mass is 9.83. The van der Waals surface area contributed by atoms with E-state index in [-0.39, 0.29) is 11.2 Å². The first-order valence-corrected chi connectivity index (χ1v) is 5.51. The van der Waals surface area contributed by atoms with Crippen LogP contribution in [0.15, 0.2) is 12.4 Å². The highest BCUT2D eigenvalue weighted by Gasteiger charge is 2.51. The lowest BCUT2D eigenvalue weighted by molar-refractivity contribution is -0.0851. The maximum atomic E-state index is 11.2. The molecule has 0 aliphatic carbocycles. The summed E-state index contributed by atoms with van der Waals surface area (Å²) in [7, 11) is 1.33. The molecule has 17 heavy (non-hydrogen) atoms. The van der Waals surface area contributed by atoms with Gasteiger partial charge in [-0.1, -0.05) is 0 Å². The first kappa shape index (κ1) is 10.5. The first-order valence-electron chi connectivity index (χ1n) is 5.51. The largest absolute Gasteiger partial charge is 0.464 e. The molecule has 0 bridgehead atoms. The van der Waals surface area contributed by atoms with Crippen molar-refractivity contribution in [3.63, 3.8) is 0 Å². The van der Waals surface area contributed by atoms with E-state index in [2.05, 4.69) is 19.6 Å². The molecule has 2 fully saturated rings. The summed E-state index contributed by atoms with van der Waals surface area (Å²) in [5, 5.41) is 0. The Morgan fingerprint density at radius 2 is 2.29 bits per heavy atom. The SMILES string of the molecule is COC(=O)c1cnc(N2CCC23COC3)cn1. The Hall–Kier alpha value is -1.69. The van der Waals surface area contributed by atoms with Gasteiger partial charge in [0.1, 0.15) is 5.82 Å². The Bertz CT molecular complexity index is 436. The van der Waals surface area contributed by atoms with E-state index in [0.717, 1.165) is 32.0 Å². The van der Waals surface area contributed by atoms with Crippen LogP contribution in [-0.2, 0) is 9.47 Å². The van der Waals surface area contributed by atoms with E-state index in [4.69, 9.17) is 4.74 Å². The fourth-order valence-corrected chi connectivity index (χ4v) is 2.21. The highest BCUT2D eigenvalue weighted by molar-refractivity contribution is 5.86. The van der Waals surface area contributed by atoms with Crippen LogP contribution >= 0.6 is 0 Å². The number of esters is 1.